The van der Waals surface area contributed by atoms with Crippen molar-refractivity contribution in [2.24, 2.45) is 0 Å². The Bertz CT molecular complexity index is 1190. The molecule has 0 aromatic heterocycles. The zero-order valence-corrected chi connectivity index (χ0v) is 17.3. The summed E-state index contributed by atoms with van der Waals surface area (Å²) < 4.78 is 228. The van der Waals surface area contributed by atoms with Gasteiger partial charge in [0.25, 0.3) is 0 Å². The molecule has 0 atom stereocenters. The number of fused-ring (bicyclic) bond motifs is 1. The van der Waals surface area contributed by atoms with Crippen LogP contribution >= 0.6 is 0 Å². The van der Waals surface area contributed by atoms with Gasteiger partial charge in [-0.05, 0) is 16.8 Å². The Labute approximate surface area is 197 Å². The Hall–Kier alpha value is -3.02. The van der Waals surface area contributed by atoms with Crippen LogP contribution in [0.3, 0.4) is 0 Å². The number of hydrogen-bond donors (Lipinski definition) is 0. The van der Waals surface area contributed by atoms with Crippen molar-refractivity contribution in [3.63, 3.8) is 0 Å². The molecule has 2 aromatic carbocycles. The molecule has 0 aliphatic rings. The number of hydrogen-bond acceptors (Lipinski definition) is 2. The summed E-state index contributed by atoms with van der Waals surface area (Å²) >= 11 is 0. The second-order valence-electron chi connectivity index (χ2n) is 7.38. The topological polar surface area (TPSA) is 26.3 Å². The normalized spacial score (nSPS) is 15.1. The minimum Gasteiger partial charge on any atom is -0.392 e. The zero-order chi connectivity index (χ0) is 30.0. The van der Waals surface area contributed by atoms with Crippen molar-refractivity contribution in [3.8, 4) is 0 Å². The summed E-state index contributed by atoms with van der Waals surface area (Å²) in [5.74, 6) is -53.7. The van der Waals surface area contributed by atoms with Crippen LogP contribution < -0.4 is 0 Å². The molecule has 0 radical (unpaired) electrons. The maximum atomic E-state index is 13.9. The summed E-state index contributed by atoms with van der Waals surface area (Å²) in [5, 5.41) is -0.391. The molecule has 0 aliphatic heterocycles. The van der Waals surface area contributed by atoms with Crippen LogP contribution in [-0.4, -0.2) is 53.8 Å². The van der Waals surface area contributed by atoms with Crippen molar-refractivity contribution >= 4 is 16.7 Å². The van der Waals surface area contributed by atoms with Gasteiger partial charge in [-0.25, -0.2) is 4.79 Å². The number of carbonyl (C=O) groups excluding carboxylic acids is 1. The van der Waals surface area contributed by atoms with Crippen LogP contribution in [0.2, 0.25) is 0 Å². The molecule has 0 saturated carbocycles. The van der Waals surface area contributed by atoms with E-state index >= 15 is 0 Å². The summed E-state index contributed by atoms with van der Waals surface area (Å²) in [4.78, 5) is 11.9. The van der Waals surface area contributed by atoms with E-state index in [1.165, 1.54) is 18.2 Å². The highest BCUT2D eigenvalue weighted by atomic mass is 19.4. The lowest BCUT2D eigenvalue weighted by Crippen LogP contribution is -2.74. The minimum atomic E-state index is -8.76. The van der Waals surface area contributed by atoms with Gasteiger partial charge < -0.3 is 4.74 Å². The fraction of sp³-hybridized carbons (Fsp3) is 0.421. The Morgan fingerprint density at radius 2 is 0.895 bits per heavy atom. The molecule has 2 aromatic rings. The third-order valence-corrected chi connectivity index (χ3v) is 4.92. The van der Waals surface area contributed by atoms with E-state index in [2.05, 4.69) is 4.74 Å². The lowest BCUT2D eigenvalue weighted by molar-refractivity contribution is -0.473. The molecule has 2 rings (SSSR count). The van der Waals surface area contributed by atoms with Gasteiger partial charge in [0.15, 0.2) is 0 Å². The van der Waals surface area contributed by atoms with Crippen LogP contribution in [-0.2, 0) is 4.74 Å². The summed E-state index contributed by atoms with van der Waals surface area (Å²) in [6, 6.07) is 7.19. The van der Waals surface area contributed by atoms with Crippen LogP contribution in [0, 0.1) is 0 Å². The lowest BCUT2D eigenvalue weighted by Gasteiger charge is -2.42. The number of carbonyl (C=O) groups is 1. The van der Waals surface area contributed by atoms with Crippen LogP contribution in [0.15, 0.2) is 42.5 Å². The molecule has 0 spiro atoms. The van der Waals surface area contributed by atoms with Gasteiger partial charge in [0, 0.05) is 0 Å². The molecule has 0 bridgehead atoms. The number of alkyl halides is 17. The summed E-state index contributed by atoms with van der Waals surface area (Å²) in [6.45, 7) is 0. The highest BCUT2D eigenvalue weighted by molar-refractivity contribution is 6.04. The van der Waals surface area contributed by atoms with Crippen molar-refractivity contribution in [1.82, 2.24) is 0 Å². The molecule has 0 N–H and O–H groups in total. The van der Waals surface area contributed by atoms with Gasteiger partial charge in [-0.3, -0.25) is 0 Å². The Morgan fingerprint density at radius 3 is 1.37 bits per heavy atom. The first-order chi connectivity index (χ1) is 16.7. The van der Waals surface area contributed by atoms with Gasteiger partial charge in [0.1, 0.15) is 0 Å². The van der Waals surface area contributed by atoms with E-state index in [-0.39, 0.29) is 5.39 Å². The zero-order valence-electron chi connectivity index (χ0n) is 17.3. The van der Waals surface area contributed by atoms with Crippen molar-refractivity contribution in [2.75, 3.05) is 0 Å². The van der Waals surface area contributed by atoms with Gasteiger partial charge in [-0.1, -0.05) is 36.4 Å². The van der Waals surface area contributed by atoms with Crippen molar-refractivity contribution in [1.29, 1.82) is 0 Å². The van der Waals surface area contributed by atoms with Gasteiger partial charge in [0.05, 0.1) is 5.56 Å². The Morgan fingerprint density at radius 1 is 0.500 bits per heavy atom. The predicted molar refractivity (Wildman–Crippen MR) is 90.0 cm³/mol. The van der Waals surface area contributed by atoms with E-state index < -0.39 is 64.7 Å². The molecular weight excluding hydrogens is 583 g/mol. The average molecular weight is 590 g/mol. The number of rotatable bonds is 8. The number of halogens is 17. The second kappa shape index (κ2) is 8.75. The van der Waals surface area contributed by atoms with Crippen LogP contribution in [0.1, 0.15) is 10.4 Å². The van der Waals surface area contributed by atoms with Crippen molar-refractivity contribution in [3.05, 3.63) is 48.0 Å². The molecule has 2 nitrogen and oxygen atoms in total. The van der Waals surface area contributed by atoms with Gasteiger partial charge >= 0.3 is 53.8 Å². The molecule has 19 heteroatoms. The van der Waals surface area contributed by atoms with Crippen LogP contribution in [0.4, 0.5) is 74.6 Å². The van der Waals surface area contributed by atoms with Gasteiger partial charge in [-0.15, -0.1) is 0 Å². The predicted octanol–water partition coefficient (Wildman–Crippen LogP) is 7.96. The van der Waals surface area contributed by atoms with Crippen molar-refractivity contribution in [2.45, 2.75) is 47.8 Å². The quantitative estimate of drug-likeness (QED) is 0.231. The number of esters is 1. The fourth-order valence-electron chi connectivity index (χ4n) is 2.79. The van der Waals surface area contributed by atoms with Crippen LogP contribution in [0.25, 0.3) is 10.8 Å². The maximum absolute atomic E-state index is 13.9. The first-order valence-corrected chi connectivity index (χ1v) is 9.15. The highest BCUT2D eigenvalue weighted by Gasteiger charge is 2.95. The molecule has 0 aliphatic carbocycles. The standard InChI is InChI=1S/C19H7F17O2/c20-12(21,14(24,25)16(28,29)18(32,33)34)13(22,23)15(26,27)17(30,31)19(35,36)38-11(37)10-7-3-5-8-4-1-2-6-9(8)10/h1-7H. The molecule has 0 fully saturated rings. The largest absolute Gasteiger partial charge is 0.473 e. The molecule has 0 heterocycles. The Balaban J connectivity index is 2.56. The molecule has 38 heavy (non-hydrogen) atoms. The number of benzene rings is 2. The minimum absolute atomic E-state index is 0.00126. The van der Waals surface area contributed by atoms with E-state index in [1.54, 1.807) is 0 Å². The van der Waals surface area contributed by atoms with E-state index in [0.29, 0.717) is 6.07 Å². The molecular formula is C19H7F17O2. The molecule has 0 unspecified atom stereocenters. The SMILES string of the molecule is O=C(OC(F)(F)C(F)(F)C(F)(F)C(F)(F)C(F)(F)C(F)(F)C(F)(F)C(F)(F)F)c1cccc2ccccc12. The monoisotopic (exact) mass is 590 g/mol. The molecule has 0 saturated heterocycles. The third-order valence-electron chi connectivity index (χ3n) is 4.92. The molecule has 214 valence electrons. The van der Waals surface area contributed by atoms with E-state index in [1.807, 2.05) is 0 Å². The first kappa shape index (κ1) is 31.2. The number of ether oxygens (including phenoxy) is 1. The highest BCUT2D eigenvalue weighted by Crippen LogP contribution is 2.64. The average Bonchev–Trinajstić information content (AvgIpc) is 2.76. The molecule has 0 amide bonds. The van der Waals surface area contributed by atoms with E-state index in [9.17, 15) is 79.4 Å². The van der Waals surface area contributed by atoms with Gasteiger partial charge in [-0.2, -0.15) is 74.6 Å². The van der Waals surface area contributed by atoms with Gasteiger partial charge in [0.2, 0.25) is 0 Å². The summed E-state index contributed by atoms with van der Waals surface area (Å²) in [7, 11) is 0. The Kier molecular flexibility index (Phi) is 7.19. The smallest absolute Gasteiger partial charge is 0.392 e. The van der Waals surface area contributed by atoms with E-state index in [4.69, 9.17) is 0 Å². The lowest BCUT2D eigenvalue weighted by atomic mass is 9.90. The first-order valence-electron chi connectivity index (χ1n) is 9.15. The maximum Gasteiger partial charge on any atom is 0.473 e. The summed E-state index contributed by atoms with van der Waals surface area (Å²) in [6.07, 6.45) is -15.1. The fourth-order valence-corrected chi connectivity index (χ4v) is 2.79. The van der Waals surface area contributed by atoms with E-state index in [0.717, 1.165) is 18.2 Å². The third kappa shape index (κ3) is 4.17. The van der Waals surface area contributed by atoms with Crippen molar-refractivity contribution < 1.29 is 84.2 Å². The second-order valence-corrected chi connectivity index (χ2v) is 7.38. The van der Waals surface area contributed by atoms with Crippen LogP contribution in [0.5, 0.6) is 0 Å². The summed E-state index contributed by atoms with van der Waals surface area (Å²) in [5.41, 5.74) is -1.12.